The van der Waals surface area contributed by atoms with Gasteiger partial charge in [0.2, 0.25) is 5.96 Å². The summed E-state index contributed by atoms with van der Waals surface area (Å²) in [6.45, 7) is 7.31. The highest BCUT2D eigenvalue weighted by Crippen LogP contribution is 2.25. The molecule has 8 heteroatoms. The van der Waals surface area contributed by atoms with Crippen molar-refractivity contribution in [1.82, 2.24) is 15.1 Å². The van der Waals surface area contributed by atoms with Gasteiger partial charge in [-0.3, -0.25) is 14.8 Å². The minimum atomic E-state index is -0.270. The summed E-state index contributed by atoms with van der Waals surface area (Å²) in [5, 5.41) is 10.7. The summed E-state index contributed by atoms with van der Waals surface area (Å²) in [7, 11) is 1.61. The first-order valence-electron chi connectivity index (χ1n) is 10.5. The predicted molar refractivity (Wildman–Crippen MR) is 131 cm³/mol. The average Bonchev–Trinajstić information content (AvgIpc) is 3.11. The van der Waals surface area contributed by atoms with E-state index in [1.807, 2.05) is 61.1 Å². The van der Waals surface area contributed by atoms with E-state index in [0.29, 0.717) is 28.3 Å². The molecule has 0 aliphatic rings. The zero-order chi connectivity index (χ0) is 23.1. The molecule has 2 aromatic carbocycles. The van der Waals surface area contributed by atoms with Gasteiger partial charge in [0.05, 0.1) is 30.6 Å². The number of nitrogens with one attached hydrogen (secondary N) is 2. The number of benzene rings is 2. The fourth-order valence-corrected chi connectivity index (χ4v) is 3.66. The zero-order valence-electron chi connectivity index (χ0n) is 18.8. The van der Waals surface area contributed by atoms with Crippen LogP contribution in [0.4, 0.5) is 5.69 Å². The maximum Gasteiger partial charge on any atom is 0.259 e. The lowest BCUT2D eigenvalue weighted by molar-refractivity contribution is 0.0976. The third kappa shape index (κ3) is 5.97. The second kappa shape index (κ2) is 10.9. The van der Waals surface area contributed by atoms with Gasteiger partial charge in [-0.15, -0.1) is 0 Å². The normalized spacial score (nSPS) is 11.3. The summed E-state index contributed by atoms with van der Waals surface area (Å²) in [4.78, 5) is 17.6. The van der Waals surface area contributed by atoms with Gasteiger partial charge in [0.25, 0.3) is 5.91 Å². The van der Waals surface area contributed by atoms with E-state index in [4.69, 9.17) is 4.74 Å². The van der Waals surface area contributed by atoms with Crippen molar-refractivity contribution in [3.05, 3.63) is 75.5 Å². The van der Waals surface area contributed by atoms with E-state index in [9.17, 15) is 4.79 Å². The van der Waals surface area contributed by atoms with E-state index in [1.54, 1.807) is 13.2 Å². The Labute approximate surface area is 197 Å². The maximum absolute atomic E-state index is 12.9. The number of carbonyl (C=O) groups is 1. The van der Waals surface area contributed by atoms with Crippen molar-refractivity contribution < 1.29 is 9.53 Å². The third-order valence-electron chi connectivity index (χ3n) is 4.87. The van der Waals surface area contributed by atoms with Crippen LogP contribution in [0.25, 0.3) is 0 Å². The van der Waals surface area contributed by atoms with Crippen molar-refractivity contribution >= 4 is 33.5 Å². The first-order valence-corrected chi connectivity index (χ1v) is 11.3. The lowest BCUT2D eigenvalue weighted by Crippen LogP contribution is -2.36. The number of methoxy groups -OCH3 is 1. The number of ether oxygens (including phenoxy) is 1. The summed E-state index contributed by atoms with van der Waals surface area (Å²) in [5.41, 5.74) is 4.22. The lowest BCUT2D eigenvalue weighted by Gasteiger charge is -2.15. The molecule has 0 aliphatic carbocycles. The molecule has 3 rings (SSSR count). The van der Waals surface area contributed by atoms with Crippen LogP contribution < -0.4 is 15.4 Å². The maximum atomic E-state index is 12.9. The van der Waals surface area contributed by atoms with Gasteiger partial charge in [-0.05, 0) is 66.0 Å². The number of aryl methyl sites for hydroxylation is 3. The topological polar surface area (TPSA) is 80.5 Å². The lowest BCUT2D eigenvalue weighted by atomic mass is 10.2. The first-order chi connectivity index (χ1) is 15.4. The molecule has 0 radical (unpaired) electrons. The van der Waals surface area contributed by atoms with Crippen molar-refractivity contribution in [3.8, 4) is 5.75 Å². The van der Waals surface area contributed by atoms with Gasteiger partial charge in [0.1, 0.15) is 5.75 Å². The van der Waals surface area contributed by atoms with Crippen molar-refractivity contribution in [2.75, 3.05) is 12.4 Å². The van der Waals surface area contributed by atoms with E-state index < -0.39 is 0 Å². The van der Waals surface area contributed by atoms with Crippen LogP contribution in [0.3, 0.4) is 0 Å². The standard InChI is InChI=1S/C24H28BrN5O2/c1-5-12-30-15-18(17(3)29-30)14-26-24(27-21-13-16(2)10-11-22(21)32-4)28-23(31)19-8-6-7-9-20(19)25/h6-11,13,15H,5,12,14H2,1-4H3,(H2,26,27,28,31). The van der Waals surface area contributed by atoms with E-state index in [0.717, 1.165) is 35.5 Å². The molecule has 0 spiro atoms. The van der Waals surface area contributed by atoms with Crippen LogP contribution in [0.2, 0.25) is 0 Å². The predicted octanol–water partition coefficient (Wildman–Crippen LogP) is 5.08. The molecule has 0 saturated carbocycles. The van der Waals surface area contributed by atoms with E-state index >= 15 is 0 Å². The Morgan fingerprint density at radius 3 is 2.72 bits per heavy atom. The molecule has 0 aliphatic heterocycles. The number of nitrogens with zero attached hydrogens (tertiary/aromatic N) is 3. The van der Waals surface area contributed by atoms with Crippen LogP contribution in [0.15, 0.2) is 58.1 Å². The fourth-order valence-electron chi connectivity index (χ4n) is 3.20. The summed E-state index contributed by atoms with van der Waals surface area (Å²) in [6, 6.07) is 13.1. The molecule has 168 valence electrons. The minimum absolute atomic E-state index is 0.270. The van der Waals surface area contributed by atoms with Crippen LogP contribution in [0.5, 0.6) is 5.75 Å². The van der Waals surface area contributed by atoms with Crippen molar-refractivity contribution in [2.24, 2.45) is 4.99 Å². The van der Waals surface area contributed by atoms with Crippen molar-refractivity contribution in [1.29, 1.82) is 0 Å². The largest absolute Gasteiger partial charge is 0.495 e. The monoisotopic (exact) mass is 497 g/mol. The van der Waals surface area contributed by atoms with Crippen LogP contribution in [-0.4, -0.2) is 28.8 Å². The Kier molecular flexibility index (Phi) is 8.05. The number of guanidine groups is 1. The van der Waals surface area contributed by atoms with Crippen LogP contribution in [0, 0.1) is 13.8 Å². The number of aliphatic imine (C=N–C) groups is 1. The van der Waals surface area contributed by atoms with Crippen molar-refractivity contribution in [2.45, 2.75) is 40.3 Å². The molecule has 7 nitrogen and oxygen atoms in total. The van der Waals surface area contributed by atoms with Gasteiger partial charge in [-0.25, -0.2) is 4.99 Å². The summed E-state index contributed by atoms with van der Waals surface area (Å²) in [6.07, 6.45) is 3.01. The molecular weight excluding hydrogens is 470 g/mol. The molecule has 1 heterocycles. The molecular formula is C24H28BrN5O2. The minimum Gasteiger partial charge on any atom is -0.495 e. The van der Waals surface area contributed by atoms with E-state index in [2.05, 4.69) is 43.6 Å². The second-order valence-corrected chi connectivity index (χ2v) is 8.28. The van der Waals surface area contributed by atoms with Gasteiger partial charge in [0, 0.05) is 22.8 Å². The molecule has 0 saturated heterocycles. The highest BCUT2D eigenvalue weighted by molar-refractivity contribution is 9.10. The molecule has 32 heavy (non-hydrogen) atoms. The number of rotatable bonds is 7. The van der Waals surface area contributed by atoms with Crippen LogP contribution >= 0.6 is 15.9 Å². The smallest absolute Gasteiger partial charge is 0.259 e. The van der Waals surface area contributed by atoms with E-state index in [1.165, 1.54) is 0 Å². The Morgan fingerprint density at radius 2 is 2.00 bits per heavy atom. The Bertz CT molecular complexity index is 1120. The number of anilines is 1. The Balaban J connectivity index is 1.90. The molecule has 0 bridgehead atoms. The quantitative estimate of drug-likeness (QED) is 0.352. The number of halogens is 1. The van der Waals surface area contributed by atoms with Gasteiger partial charge in [-0.2, -0.15) is 5.10 Å². The fraction of sp³-hybridized carbons (Fsp3) is 0.292. The summed E-state index contributed by atoms with van der Waals surface area (Å²) >= 11 is 3.44. The Hall–Kier alpha value is -3.13. The molecule has 1 aromatic heterocycles. The average molecular weight is 498 g/mol. The summed E-state index contributed by atoms with van der Waals surface area (Å²) in [5.74, 6) is 0.719. The van der Waals surface area contributed by atoms with Crippen LogP contribution in [-0.2, 0) is 13.1 Å². The van der Waals surface area contributed by atoms with Crippen molar-refractivity contribution in [3.63, 3.8) is 0 Å². The highest BCUT2D eigenvalue weighted by Gasteiger charge is 2.14. The number of amides is 1. The molecule has 0 atom stereocenters. The van der Waals surface area contributed by atoms with Gasteiger partial charge >= 0.3 is 0 Å². The summed E-state index contributed by atoms with van der Waals surface area (Å²) < 4.78 is 8.11. The molecule has 1 amide bonds. The SMILES string of the molecule is CCCn1cc(CN=C(NC(=O)c2ccccc2Br)Nc2cc(C)ccc2OC)c(C)n1. The van der Waals surface area contributed by atoms with E-state index in [-0.39, 0.29) is 5.91 Å². The zero-order valence-corrected chi connectivity index (χ0v) is 20.4. The van der Waals surface area contributed by atoms with Crippen LogP contribution in [0.1, 0.15) is 40.5 Å². The highest BCUT2D eigenvalue weighted by atomic mass is 79.9. The number of hydrogen-bond acceptors (Lipinski definition) is 4. The third-order valence-corrected chi connectivity index (χ3v) is 5.56. The molecule has 0 fully saturated rings. The Morgan fingerprint density at radius 1 is 1.22 bits per heavy atom. The molecule has 0 unspecified atom stereocenters. The number of aromatic nitrogens is 2. The second-order valence-electron chi connectivity index (χ2n) is 7.43. The molecule has 3 aromatic rings. The first kappa shape index (κ1) is 23.5. The molecule has 2 N–H and O–H groups in total. The number of carbonyl (C=O) groups excluding carboxylic acids is 1. The van der Waals surface area contributed by atoms with Gasteiger partial charge in [0.15, 0.2) is 0 Å². The van der Waals surface area contributed by atoms with Gasteiger partial charge < -0.3 is 10.1 Å². The number of hydrogen-bond donors (Lipinski definition) is 2. The van der Waals surface area contributed by atoms with Gasteiger partial charge in [-0.1, -0.05) is 25.1 Å².